The fourth-order valence-electron chi connectivity index (χ4n) is 4.05. The monoisotopic (exact) mass is 460 g/mol. The molecule has 0 spiro atoms. The van der Waals surface area contributed by atoms with Crippen LogP contribution in [0, 0.1) is 11.8 Å². The lowest BCUT2D eigenvalue weighted by Gasteiger charge is -2.34. The second-order valence-electron chi connectivity index (χ2n) is 7.74. The summed E-state index contributed by atoms with van der Waals surface area (Å²) in [5.74, 6) is -6.60. The normalized spacial score (nSPS) is 23.9. The van der Waals surface area contributed by atoms with E-state index in [0.29, 0.717) is 37.4 Å². The van der Waals surface area contributed by atoms with Crippen molar-refractivity contribution in [3.8, 4) is 0 Å². The Hall–Kier alpha value is -2.10. The van der Waals surface area contributed by atoms with Crippen LogP contribution in [0.2, 0.25) is 0 Å². The van der Waals surface area contributed by atoms with Crippen molar-refractivity contribution in [1.29, 1.82) is 0 Å². The van der Waals surface area contributed by atoms with Gasteiger partial charge in [-0.3, -0.25) is 14.4 Å². The highest BCUT2D eigenvalue weighted by molar-refractivity contribution is 5.95. The van der Waals surface area contributed by atoms with Crippen molar-refractivity contribution in [3.63, 3.8) is 0 Å². The van der Waals surface area contributed by atoms with Gasteiger partial charge in [0.05, 0.1) is 32.3 Å². The van der Waals surface area contributed by atoms with Crippen molar-refractivity contribution >= 4 is 30.1 Å². The zero-order valence-corrected chi connectivity index (χ0v) is 18.0. The third-order valence-corrected chi connectivity index (χ3v) is 5.82. The van der Waals surface area contributed by atoms with E-state index in [1.165, 1.54) is 0 Å². The van der Waals surface area contributed by atoms with E-state index in [9.17, 15) is 23.2 Å². The van der Waals surface area contributed by atoms with Gasteiger partial charge in [-0.05, 0) is 24.1 Å². The zero-order chi connectivity index (χ0) is 21.9. The molecule has 0 radical (unpaired) electrons. The number of benzene rings is 1. The third-order valence-electron chi connectivity index (χ3n) is 5.82. The van der Waals surface area contributed by atoms with Crippen LogP contribution < -0.4 is 5.73 Å². The number of morpholine rings is 1. The van der Waals surface area contributed by atoms with E-state index in [1.54, 1.807) is 29.2 Å². The first-order valence-electron chi connectivity index (χ1n) is 9.95. The van der Waals surface area contributed by atoms with Gasteiger partial charge >= 0.3 is 5.97 Å². The fraction of sp³-hybridized carbons (Fsp3) is 0.571. The van der Waals surface area contributed by atoms with Crippen molar-refractivity contribution < 1.29 is 32.6 Å². The van der Waals surface area contributed by atoms with Gasteiger partial charge in [0.25, 0.3) is 5.91 Å². The van der Waals surface area contributed by atoms with Gasteiger partial charge in [-0.15, -0.1) is 12.4 Å². The van der Waals surface area contributed by atoms with E-state index in [0.717, 1.165) is 7.11 Å². The molecule has 1 amide bonds. The number of ether oxygens (including phenoxy) is 2. The van der Waals surface area contributed by atoms with Crippen LogP contribution in [-0.2, 0) is 19.1 Å². The first-order chi connectivity index (χ1) is 14.2. The van der Waals surface area contributed by atoms with Gasteiger partial charge in [-0.1, -0.05) is 12.1 Å². The molecule has 2 N–H and O–H groups in total. The Kier molecular flexibility index (Phi) is 8.50. The standard InChI is InChI=1S/C21H26F2N2O5.ClH/c1-29-20(28)16-12-21(22,23)7-6-15(16)18(26)17(24)13-2-4-14(5-3-13)19(27)25-8-10-30-11-9-25;/h2-5,15-17H,6-12,24H2,1H3;1H/t15-,16-,17?;/m1./s1. The number of Topliss-reactive ketones (excluding diaryl/α,β-unsaturated/α-hetero) is 1. The summed E-state index contributed by atoms with van der Waals surface area (Å²) in [4.78, 5) is 39.1. The van der Waals surface area contributed by atoms with Crippen LogP contribution in [0.15, 0.2) is 24.3 Å². The Balaban J connectivity index is 0.00000341. The average molecular weight is 461 g/mol. The number of esters is 1. The van der Waals surface area contributed by atoms with Crippen LogP contribution in [0.3, 0.4) is 0 Å². The highest BCUT2D eigenvalue weighted by Gasteiger charge is 2.48. The summed E-state index contributed by atoms with van der Waals surface area (Å²) in [6, 6.07) is 5.27. The number of nitrogens with two attached hydrogens (primary N) is 1. The molecule has 1 aliphatic carbocycles. The van der Waals surface area contributed by atoms with Crippen molar-refractivity contribution in [2.75, 3.05) is 33.4 Å². The minimum absolute atomic E-state index is 0. The predicted molar refractivity (Wildman–Crippen MR) is 110 cm³/mol. The summed E-state index contributed by atoms with van der Waals surface area (Å²) < 4.78 is 37.5. The third kappa shape index (κ3) is 5.78. The zero-order valence-electron chi connectivity index (χ0n) is 17.2. The van der Waals surface area contributed by atoms with E-state index < -0.39 is 48.4 Å². The number of ketones is 1. The number of rotatable bonds is 5. The molecule has 1 aromatic rings. The summed E-state index contributed by atoms with van der Waals surface area (Å²) in [6.45, 7) is 2.01. The summed E-state index contributed by atoms with van der Waals surface area (Å²) in [7, 11) is 1.11. The molecule has 1 saturated heterocycles. The summed E-state index contributed by atoms with van der Waals surface area (Å²) in [6.07, 6.45) is -1.33. The predicted octanol–water partition coefficient (Wildman–Crippen LogP) is 2.37. The second-order valence-corrected chi connectivity index (χ2v) is 7.74. The molecule has 10 heteroatoms. The summed E-state index contributed by atoms with van der Waals surface area (Å²) >= 11 is 0. The maximum absolute atomic E-state index is 13.8. The van der Waals surface area contributed by atoms with Gasteiger partial charge in [0, 0.05) is 37.4 Å². The Labute approximate surface area is 185 Å². The molecule has 0 aromatic heterocycles. The molecular formula is C21H27ClF2N2O5. The van der Waals surface area contributed by atoms with Crippen LogP contribution in [-0.4, -0.2) is 61.9 Å². The maximum Gasteiger partial charge on any atom is 0.309 e. The van der Waals surface area contributed by atoms with Crippen LogP contribution in [0.1, 0.15) is 41.2 Å². The summed E-state index contributed by atoms with van der Waals surface area (Å²) in [5.41, 5.74) is 7.03. The van der Waals surface area contributed by atoms with E-state index in [-0.39, 0.29) is 24.7 Å². The van der Waals surface area contributed by atoms with Crippen molar-refractivity contribution in [1.82, 2.24) is 4.90 Å². The molecule has 7 nitrogen and oxygen atoms in total. The van der Waals surface area contributed by atoms with Crippen LogP contribution in [0.5, 0.6) is 0 Å². The highest BCUT2D eigenvalue weighted by atomic mass is 35.5. The summed E-state index contributed by atoms with van der Waals surface area (Å²) in [5, 5.41) is 0. The molecule has 2 aliphatic rings. The van der Waals surface area contributed by atoms with Gasteiger partial charge in [0.15, 0.2) is 5.78 Å². The van der Waals surface area contributed by atoms with E-state index in [1.807, 2.05) is 0 Å². The topological polar surface area (TPSA) is 98.9 Å². The smallest absolute Gasteiger partial charge is 0.309 e. The van der Waals surface area contributed by atoms with Crippen molar-refractivity contribution in [2.45, 2.75) is 31.2 Å². The number of carbonyl (C=O) groups excluding carboxylic acids is 3. The number of hydrogen-bond donors (Lipinski definition) is 1. The van der Waals surface area contributed by atoms with Crippen molar-refractivity contribution in [2.24, 2.45) is 17.6 Å². The molecule has 0 bridgehead atoms. The van der Waals surface area contributed by atoms with Gasteiger partial charge in [-0.25, -0.2) is 8.78 Å². The van der Waals surface area contributed by atoms with E-state index in [4.69, 9.17) is 10.5 Å². The Bertz CT molecular complexity index is 799. The van der Waals surface area contributed by atoms with Crippen LogP contribution in [0.4, 0.5) is 8.78 Å². The second kappa shape index (κ2) is 10.5. The molecule has 1 heterocycles. The molecule has 3 rings (SSSR count). The van der Waals surface area contributed by atoms with Gasteiger partial charge in [0.2, 0.25) is 5.92 Å². The quantitative estimate of drug-likeness (QED) is 0.677. The number of alkyl halides is 2. The van der Waals surface area contributed by atoms with Gasteiger partial charge < -0.3 is 20.1 Å². The van der Waals surface area contributed by atoms with Crippen LogP contribution in [0.25, 0.3) is 0 Å². The number of nitrogens with zero attached hydrogens (tertiary/aromatic N) is 1. The number of halogens is 3. The first-order valence-corrected chi connectivity index (χ1v) is 9.95. The fourth-order valence-corrected chi connectivity index (χ4v) is 4.05. The lowest BCUT2D eigenvalue weighted by Crippen LogP contribution is -2.43. The molecule has 2 fully saturated rings. The van der Waals surface area contributed by atoms with Gasteiger partial charge in [-0.2, -0.15) is 0 Å². The molecule has 1 saturated carbocycles. The van der Waals surface area contributed by atoms with Crippen molar-refractivity contribution in [3.05, 3.63) is 35.4 Å². The minimum Gasteiger partial charge on any atom is -0.469 e. The van der Waals surface area contributed by atoms with Gasteiger partial charge in [0.1, 0.15) is 0 Å². The van der Waals surface area contributed by atoms with Crippen LogP contribution >= 0.6 is 12.4 Å². The lowest BCUT2D eigenvalue weighted by molar-refractivity contribution is -0.160. The molecule has 1 aliphatic heterocycles. The average Bonchev–Trinajstić information content (AvgIpc) is 2.77. The molecule has 31 heavy (non-hydrogen) atoms. The SMILES string of the molecule is COC(=O)[C@@H]1CC(F)(F)CC[C@H]1C(=O)C(N)c1ccc(C(=O)N2CCOCC2)cc1.Cl. The molecular weight excluding hydrogens is 434 g/mol. The lowest BCUT2D eigenvalue weighted by atomic mass is 9.73. The Morgan fingerprint density at radius 3 is 2.35 bits per heavy atom. The number of methoxy groups -OCH3 is 1. The minimum atomic E-state index is -3.01. The highest BCUT2D eigenvalue weighted by Crippen LogP contribution is 2.42. The molecule has 1 unspecified atom stereocenters. The number of carbonyl (C=O) groups is 3. The number of amides is 1. The number of hydrogen-bond acceptors (Lipinski definition) is 6. The molecule has 1 aromatic carbocycles. The van der Waals surface area contributed by atoms with E-state index >= 15 is 0 Å². The Morgan fingerprint density at radius 1 is 1.16 bits per heavy atom. The Morgan fingerprint density at radius 2 is 1.77 bits per heavy atom. The maximum atomic E-state index is 13.8. The largest absolute Gasteiger partial charge is 0.469 e. The van der Waals surface area contributed by atoms with E-state index in [2.05, 4.69) is 4.74 Å². The molecule has 172 valence electrons. The first kappa shape index (κ1) is 25.2. The molecule has 3 atom stereocenters.